The predicted octanol–water partition coefficient (Wildman–Crippen LogP) is 2.44. The Morgan fingerprint density at radius 1 is 1.21 bits per heavy atom. The van der Waals surface area contributed by atoms with Crippen LogP contribution in [-0.4, -0.2) is 25.7 Å². The van der Waals surface area contributed by atoms with Crippen LogP contribution in [0.5, 0.6) is 5.75 Å². The zero-order valence-electron chi connectivity index (χ0n) is 12.5. The maximum absolute atomic E-state index is 13.4. The van der Waals surface area contributed by atoms with Crippen LogP contribution in [0, 0.1) is 5.82 Å². The smallest absolute Gasteiger partial charge is 0.123 e. The van der Waals surface area contributed by atoms with Crippen molar-refractivity contribution in [3.8, 4) is 5.75 Å². The monoisotopic (exact) mass is 268 g/mol. The second-order valence-corrected chi connectivity index (χ2v) is 6.32. The molecule has 0 aliphatic rings. The third-order valence-electron chi connectivity index (χ3n) is 3.04. The van der Waals surface area contributed by atoms with Crippen molar-refractivity contribution < 1.29 is 9.13 Å². The molecule has 0 fully saturated rings. The first-order chi connectivity index (χ1) is 8.65. The van der Waals surface area contributed by atoms with Crippen LogP contribution >= 0.6 is 0 Å². The molecule has 0 bridgehead atoms. The number of benzene rings is 1. The lowest BCUT2D eigenvalue weighted by Crippen LogP contribution is -2.46. The van der Waals surface area contributed by atoms with Gasteiger partial charge in [-0.15, -0.1) is 0 Å². The van der Waals surface area contributed by atoms with E-state index in [4.69, 9.17) is 10.5 Å². The SMILES string of the molecule is COc1ccc(F)cc1C(C)(C)CNCC(C)(C)N. The highest BCUT2D eigenvalue weighted by atomic mass is 19.1. The van der Waals surface area contributed by atoms with E-state index < -0.39 is 0 Å². The number of hydrogen-bond donors (Lipinski definition) is 2. The summed E-state index contributed by atoms with van der Waals surface area (Å²) in [4.78, 5) is 0. The molecule has 0 atom stereocenters. The Hall–Kier alpha value is -1.13. The Bertz CT molecular complexity index is 425. The van der Waals surface area contributed by atoms with Gasteiger partial charge in [-0.1, -0.05) is 13.8 Å². The molecule has 1 rings (SSSR count). The molecule has 0 saturated heterocycles. The Kier molecular flexibility index (Phi) is 4.93. The highest BCUT2D eigenvalue weighted by molar-refractivity contribution is 5.39. The molecule has 0 saturated carbocycles. The van der Waals surface area contributed by atoms with Gasteiger partial charge in [-0.2, -0.15) is 0 Å². The summed E-state index contributed by atoms with van der Waals surface area (Å²) in [6, 6.07) is 4.61. The maximum Gasteiger partial charge on any atom is 0.123 e. The van der Waals surface area contributed by atoms with Gasteiger partial charge in [0.15, 0.2) is 0 Å². The molecule has 0 aliphatic heterocycles. The number of ether oxygens (including phenoxy) is 1. The lowest BCUT2D eigenvalue weighted by molar-refractivity contribution is 0.373. The summed E-state index contributed by atoms with van der Waals surface area (Å²) in [7, 11) is 1.60. The summed E-state index contributed by atoms with van der Waals surface area (Å²) in [5.74, 6) is 0.461. The lowest BCUT2D eigenvalue weighted by atomic mass is 9.83. The molecule has 0 amide bonds. The van der Waals surface area contributed by atoms with Crippen molar-refractivity contribution in [2.45, 2.75) is 38.6 Å². The summed E-state index contributed by atoms with van der Waals surface area (Å²) < 4.78 is 18.7. The fraction of sp³-hybridized carbons (Fsp3) is 0.600. The van der Waals surface area contributed by atoms with E-state index >= 15 is 0 Å². The van der Waals surface area contributed by atoms with Gasteiger partial charge >= 0.3 is 0 Å². The van der Waals surface area contributed by atoms with E-state index in [1.807, 2.05) is 13.8 Å². The molecule has 108 valence electrons. The number of hydrogen-bond acceptors (Lipinski definition) is 3. The highest BCUT2D eigenvalue weighted by Gasteiger charge is 2.25. The van der Waals surface area contributed by atoms with Gasteiger partial charge in [0.1, 0.15) is 11.6 Å². The van der Waals surface area contributed by atoms with E-state index in [1.54, 1.807) is 13.2 Å². The van der Waals surface area contributed by atoms with Crippen LogP contribution in [0.3, 0.4) is 0 Å². The van der Waals surface area contributed by atoms with Crippen molar-refractivity contribution in [1.29, 1.82) is 0 Å². The average Bonchev–Trinajstić information content (AvgIpc) is 2.27. The van der Waals surface area contributed by atoms with Crippen LogP contribution in [0.2, 0.25) is 0 Å². The van der Waals surface area contributed by atoms with Crippen molar-refractivity contribution in [1.82, 2.24) is 5.32 Å². The van der Waals surface area contributed by atoms with Gasteiger partial charge in [0.2, 0.25) is 0 Å². The Balaban J connectivity index is 2.84. The summed E-state index contributed by atoms with van der Waals surface area (Å²) in [6.07, 6.45) is 0. The molecule has 0 aromatic heterocycles. The molecule has 1 aromatic rings. The number of nitrogens with one attached hydrogen (secondary N) is 1. The van der Waals surface area contributed by atoms with Crippen LogP contribution in [0.1, 0.15) is 33.3 Å². The summed E-state index contributed by atoms with van der Waals surface area (Å²) in [5.41, 5.74) is 6.30. The topological polar surface area (TPSA) is 47.3 Å². The summed E-state index contributed by atoms with van der Waals surface area (Å²) >= 11 is 0. The number of halogens is 1. The van der Waals surface area contributed by atoms with Gasteiger partial charge in [-0.25, -0.2) is 4.39 Å². The van der Waals surface area contributed by atoms with E-state index in [-0.39, 0.29) is 16.8 Å². The number of methoxy groups -OCH3 is 1. The minimum Gasteiger partial charge on any atom is -0.496 e. The molecule has 0 spiro atoms. The molecule has 0 radical (unpaired) electrons. The zero-order chi connectivity index (χ0) is 14.7. The number of rotatable bonds is 6. The van der Waals surface area contributed by atoms with Gasteiger partial charge in [-0.3, -0.25) is 0 Å². The largest absolute Gasteiger partial charge is 0.496 e. The molecule has 3 N–H and O–H groups in total. The minimum atomic E-state index is -0.262. The highest BCUT2D eigenvalue weighted by Crippen LogP contribution is 2.31. The lowest BCUT2D eigenvalue weighted by Gasteiger charge is -2.29. The van der Waals surface area contributed by atoms with Gasteiger partial charge in [0, 0.05) is 29.6 Å². The van der Waals surface area contributed by atoms with Gasteiger partial charge in [0.05, 0.1) is 7.11 Å². The third-order valence-corrected chi connectivity index (χ3v) is 3.04. The zero-order valence-corrected chi connectivity index (χ0v) is 12.5. The van der Waals surface area contributed by atoms with Gasteiger partial charge in [-0.05, 0) is 32.0 Å². The molecule has 1 aromatic carbocycles. The molecule has 19 heavy (non-hydrogen) atoms. The molecule has 0 heterocycles. The van der Waals surface area contributed by atoms with E-state index in [1.165, 1.54) is 12.1 Å². The Morgan fingerprint density at radius 3 is 2.37 bits per heavy atom. The van der Waals surface area contributed by atoms with Crippen LogP contribution in [0.25, 0.3) is 0 Å². The third kappa shape index (κ3) is 4.80. The van der Waals surface area contributed by atoms with E-state index in [0.29, 0.717) is 18.8 Å². The fourth-order valence-corrected chi connectivity index (χ4v) is 2.00. The standard InChI is InChI=1S/C15H25FN2O/c1-14(2,9-18-10-15(3,4)17)12-8-11(16)6-7-13(12)19-5/h6-8,18H,9-10,17H2,1-5H3. The van der Waals surface area contributed by atoms with Crippen LogP contribution in [0.4, 0.5) is 4.39 Å². The second kappa shape index (κ2) is 5.88. The van der Waals surface area contributed by atoms with Crippen LogP contribution < -0.4 is 15.8 Å². The fourth-order valence-electron chi connectivity index (χ4n) is 2.00. The molecule has 3 nitrogen and oxygen atoms in total. The minimum absolute atomic E-state index is 0.237. The molecule has 0 aliphatic carbocycles. The van der Waals surface area contributed by atoms with E-state index in [2.05, 4.69) is 19.2 Å². The van der Waals surface area contributed by atoms with Crippen LogP contribution in [-0.2, 0) is 5.41 Å². The Morgan fingerprint density at radius 2 is 1.84 bits per heavy atom. The molecular formula is C15H25FN2O. The first-order valence-corrected chi connectivity index (χ1v) is 6.49. The predicted molar refractivity (Wildman–Crippen MR) is 77.1 cm³/mol. The quantitative estimate of drug-likeness (QED) is 0.833. The normalized spacial score (nSPS) is 12.6. The van der Waals surface area contributed by atoms with Crippen LogP contribution in [0.15, 0.2) is 18.2 Å². The van der Waals surface area contributed by atoms with E-state index in [0.717, 1.165) is 5.56 Å². The van der Waals surface area contributed by atoms with E-state index in [9.17, 15) is 4.39 Å². The van der Waals surface area contributed by atoms with Crippen molar-refractivity contribution in [2.24, 2.45) is 5.73 Å². The number of nitrogens with two attached hydrogens (primary N) is 1. The van der Waals surface area contributed by atoms with Gasteiger partial charge < -0.3 is 15.8 Å². The van der Waals surface area contributed by atoms with Crippen molar-refractivity contribution in [2.75, 3.05) is 20.2 Å². The van der Waals surface area contributed by atoms with Crippen molar-refractivity contribution in [3.63, 3.8) is 0 Å². The first-order valence-electron chi connectivity index (χ1n) is 6.49. The summed E-state index contributed by atoms with van der Waals surface area (Å²) in [6.45, 7) is 9.45. The average molecular weight is 268 g/mol. The van der Waals surface area contributed by atoms with Crippen molar-refractivity contribution >= 4 is 0 Å². The molecular weight excluding hydrogens is 243 g/mol. The Labute approximate surface area is 115 Å². The molecule has 0 unspecified atom stereocenters. The first kappa shape index (κ1) is 15.9. The summed E-state index contributed by atoms with van der Waals surface area (Å²) in [5, 5.41) is 3.33. The molecule has 4 heteroatoms. The van der Waals surface area contributed by atoms with Crippen molar-refractivity contribution in [3.05, 3.63) is 29.6 Å². The second-order valence-electron chi connectivity index (χ2n) is 6.32. The van der Waals surface area contributed by atoms with Gasteiger partial charge in [0.25, 0.3) is 0 Å². The maximum atomic E-state index is 13.4.